The summed E-state index contributed by atoms with van der Waals surface area (Å²) in [5, 5.41) is 23.2. The highest BCUT2D eigenvalue weighted by atomic mass is 16.5. The molecule has 0 saturated heterocycles. The predicted molar refractivity (Wildman–Crippen MR) is 144 cm³/mol. The Morgan fingerprint density at radius 1 is 1.00 bits per heavy atom. The van der Waals surface area contributed by atoms with E-state index >= 15 is 0 Å². The van der Waals surface area contributed by atoms with E-state index in [2.05, 4.69) is 54.5 Å². The van der Waals surface area contributed by atoms with Crippen LogP contribution in [0.15, 0.2) is 11.6 Å². The molecule has 5 nitrogen and oxygen atoms in total. The molecule has 11 atom stereocenters. The van der Waals surface area contributed by atoms with Crippen molar-refractivity contribution in [3.05, 3.63) is 11.6 Å². The van der Waals surface area contributed by atoms with Crippen LogP contribution in [-0.2, 0) is 14.3 Å². The van der Waals surface area contributed by atoms with Crippen LogP contribution in [0.2, 0.25) is 0 Å². The minimum absolute atomic E-state index is 0.0561. The molecule has 4 saturated carbocycles. The van der Waals surface area contributed by atoms with Crippen LogP contribution in [0, 0.1) is 56.7 Å². The second kappa shape index (κ2) is 8.32. The SMILES string of the molecule is CC(=O)O[C@H]1CC[C@@]2(C)C([C@H](O)C[C@]3(C)C2CC=C2C4[C@@H](C)[C@H](C)CC[C@]4(C)CC[C@]23C(=O)O)C1(C)C. The van der Waals surface area contributed by atoms with Crippen LogP contribution in [0.4, 0.5) is 0 Å². The normalized spacial score (nSPS) is 52.5. The fourth-order valence-corrected chi connectivity index (χ4v) is 11.6. The third kappa shape index (κ3) is 3.37. The van der Waals surface area contributed by atoms with Gasteiger partial charge in [-0.25, -0.2) is 0 Å². The maximum absolute atomic E-state index is 13.6. The molecule has 37 heavy (non-hydrogen) atoms. The largest absolute Gasteiger partial charge is 0.481 e. The molecule has 0 aromatic heterocycles. The van der Waals surface area contributed by atoms with Gasteiger partial charge in [0, 0.05) is 12.3 Å². The average Bonchev–Trinajstić information content (AvgIpc) is 2.77. The maximum Gasteiger partial charge on any atom is 0.314 e. The molecule has 0 aromatic rings. The fraction of sp³-hybridized carbons (Fsp3) is 0.875. The molecule has 0 heterocycles. The number of carbonyl (C=O) groups excluding carboxylic acids is 1. The molecule has 0 spiro atoms. The molecule has 208 valence electrons. The van der Waals surface area contributed by atoms with Gasteiger partial charge in [0.05, 0.1) is 11.5 Å². The van der Waals surface area contributed by atoms with Crippen LogP contribution in [0.1, 0.15) is 107 Å². The number of carboxylic acid groups (broad SMARTS) is 1. The highest BCUT2D eigenvalue weighted by Crippen LogP contribution is 2.76. The van der Waals surface area contributed by atoms with E-state index in [1.165, 1.54) is 25.3 Å². The van der Waals surface area contributed by atoms with Crippen molar-refractivity contribution in [2.24, 2.45) is 56.7 Å². The topological polar surface area (TPSA) is 83.8 Å². The number of rotatable bonds is 2. The monoisotopic (exact) mass is 514 g/mol. The van der Waals surface area contributed by atoms with Crippen molar-refractivity contribution in [3.8, 4) is 0 Å². The predicted octanol–water partition coefficient (Wildman–Crippen LogP) is 6.63. The molecule has 5 rings (SSSR count). The van der Waals surface area contributed by atoms with Crippen LogP contribution in [-0.4, -0.2) is 34.4 Å². The van der Waals surface area contributed by atoms with Crippen molar-refractivity contribution in [1.29, 1.82) is 0 Å². The lowest BCUT2D eigenvalue weighted by atomic mass is 9.32. The molecule has 0 amide bonds. The first-order valence-corrected chi connectivity index (χ1v) is 14.9. The Morgan fingerprint density at radius 2 is 1.68 bits per heavy atom. The first kappa shape index (κ1) is 27.2. The van der Waals surface area contributed by atoms with Crippen molar-refractivity contribution in [3.63, 3.8) is 0 Å². The first-order chi connectivity index (χ1) is 17.1. The number of aliphatic carboxylic acids is 1. The number of fused-ring (bicyclic) bond motifs is 7. The van der Waals surface area contributed by atoms with E-state index in [1.54, 1.807) is 0 Å². The summed E-state index contributed by atoms with van der Waals surface area (Å²) in [6.07, 6.45) is 8.48. The maximum atomic E-state index is 13.6. The summed E-state index contributed by atoms with van der Waals surface area (Å²) in [7, 11) is 0. The molecule has 5 aliphatic carbocycles. The lowest BCUT2D eigenvalue weighted by Gasteiger charge is -2.71. The van der Waals surface area contributed by atoms with Gasteiger partial charge in [-0.05, 0) is 97.2 Å². The summed E-state index contributed by atoms with van der Waals surface area (Å²) < 4.78 is 5.79. The van der Waals surface area contributed by atoms with Gasteiger partial charge >= 0.3 is 11.9 Å². The highest BCUT2D eigenvalue weighted by Gasteiger charge is 2.73. The number of hydrogen-bond acceptors (Lipinski definition) is 4. The molecule has 0 radical (unpaired) electrons. The molecule has 0 aromatic carbocycles. The summed E-state index contributed by atoms with van der Waals surface area (Å²) in [6.45, 7) is 17.4. The Balaban J connectivity index is 1.64. The molecule has 3 unspecified atom stereocenters. The molecule has 4 fully saturated rings. The Bertz CT molecular complexity index is 1010. The van der Waals surface area contributed by atoms with E-state index in [-0.39, 0.29) is 40.7 Å². The lowest BCUT2D eigenvalue weighted by molar-refractivity contribution is -0.249. The first-order valence-electron chi connectivity index (χ1n) is 14.9. The average molecular weight is 515 g/mol. The zero-order valence-corrected chi connectivity index (χ0v) is 24.4. The van der Waals surface area contributed by atoms with Gasteiger partial charge in [0.1, 0.15) is 6.10 Å². The Morgan fingerprint density at radius 3 is 2.30 bits per heavy atom. The zero-order chi connectivity index (χ0) is 27.3. The minimum atomic E-state index is -0.933. The Hall–Kier alpha value is -1.36. The number of carboxylic acids is 1. The molecular weight excluding hydrogens is 464 g/mol. The van der Waals surface area contributed by atoms with Crippen molar-refractivity contribution < 1.29 is 24.5 Å². The lowest BCUT2D eigenvalue weighted by Crippen LogP contribution is -2.70. The summed E-state index contributed by atoms with van der Waals surface area (Å²) in [4.78, 5) is 25.5. The summed E-state index contributed by atoms with van der Waals surface area (Å²) in [5.41, 5.74) is -0.740. The smallest absolute Gasteiger partial charge is 0.314 e. The van der Waals surface area contributed by atoms with Gasteiger partial charge in [-0.3, -0.25) is 9.59 Å². The summed E-state index contributed by atoms with van der Waals surface area (Å²) in [6, 6.07) is 0. The Kier molecular flexibility index (Phi) is 6.12. The molecule has 0 aliphatic heterocycles. The molecule has 0 bridgehead atoms. The summed E-state index contributed by atoms with van der Waals surface area (Å²) >= 11 is 0. The number of ether oxygens (including phenoxy) is 1. The number of carbonyl (C=O) groups is 2. The van der Waals surface area contributed by atoms with Gasteiger partial charge < -0.3 is 14.9 Å². The third-order valence-electron chi connectivity index (χ3n) is 13.3. The quantitative estimate of drug-likeness (QED) is 0.319. The van der Waals surface area contributed by atoms with E-state index < -0.39 is 28.3 Å². The number of hydrogen-bond donors (Lipinski definition) is 2. The second-order valence-corrected chi connectivity index (χ2v) is 15.3. The minimum Gasteiger partial charge on any atom is -0.481 e. The van der Waals surface area contributed by atoms with Gasteiger partial charge in [-0.1, -0.05) is 60.1 Å². The van der Waals surface area contributed by atoms with Crippen molar-refractivity contribution >= 4 is 11.9 Å². The van der Waals surface area contributed by atoms with E-state index in [0.29, 0.717) is 24.7 Å². The Labute approximate surface area is 223 Å². The summed E-state index contributed by atoms with van der Waals surface area (Å²) in [5.74, 6) is 0.488. The van der Waals surface area contributed by atoms with Gasteiger partial charge in [-0.15, -0.1) is 0 Å². The van der Waals surface area contributed by atoms with Gasteiger partial charge in [-0.2, -0.15) is 0 Å². The van der Waals surface area contributed by atoms with E-state index in [4.69, 9.17) is 4.74 Å². The number of esters is 1. The van der Waals surface area contributed by atoms with Crippen LogP contribution >= 0.6 is 0 Å². The molecule has 5 aliphatic rings. The number of aliphatic hydroxyl groups is 1. The zero-order valence-electron chi connectivity index (χ0n) is 24.4. The van der Waals surface area contributed by atoms with E-state index in [1.807, 2.05) is 0 Å². The standard InChI is InChI=1S/C32H50O5/c1-18-11-13-29(6)15-16-32(27(35)36)21(25(29)19(18)2)9-10-23-30(7)14-12-24(37-20(3)33)28(4,5)26(30)22(34)17-31(23,32)8/h9,18-19,22-26,34H,10-17H2,1-8H3,(H,35,36)/t18-,19+,22-,23?,24+,25?,26?,29-,30-,31-,32-/m1/s1. The van der Waals surface area contributed by atoms with E-state index in [0.717, 1.165) is 25.7 Å². The second-order valence-electron chi connectivity index (χ2n) is 15.3. The van der Waals surface area contributed by atoms with E-state index in [9.17, 15) is 19.8 Å². The van der Waals surface area contributed by atoms with Crippen molar-refractivity contribution in [2.45, 2.75) is 119 Å². The number of aliphatic hydroxyl groups excluding tert-OH is 1. The molecule has 5 heteroatoms. The van der Waals surface area contributed by atoms with Crippen LogP contribution in [0.5, 0.6) is 0 Å². The van der Waals surface area contributed by atoms with Crippen LogP contribution < -0.4 is 0 Å². The van der Waals surface area contributed by atoms with Gasteiger partial charge in [0.2, 0.25) is 0 Å². The van der Waals surface area contributed by atoms with Crippen molar-refractivity contribution in [2.75, 3.05) is 0 Å². The van der Waals surface area contributed by atoms with Crippen LogP contribution in [0.25, 0.3) is 0 Å². The molecular formula is C32H50O5. The number of allylic oxidation sites excluding steroid dienone is 1. The van der Waals surface area contributed by atoms with Crippen molar-refractivity contribution in [1.82, 2.24) is 0 Å². The van der Waals surface area contributed by atoms with Crippen LogP contribution in [0.3, 0.4) is 0 Å². The third-order valence-corrected chi connectivity index (χ3v) is 13.3. The fourth-order valence-electron chi connectivity index (χ4n) is 11.6. The van der Waals surface area contributed by atoms with Gasteiger partial charge in [0.15, 0.2) is 0 Å². The molecule has 2 N–H and O–H groups in total. The van der Waals surface area contributed by atoms with Gasteiger partial charge in [0.25, 0.3) is 0 Å². The highest BCUT2D eigenvalue weighted by molar-refractivity contribution is 5.81.